The first kappa shape index (κ1) is 15.5. The van der Waals surface area contributed by atoms with Crippen LogP contribution in [0, 0.1) is 18.3 Å². The van der Waals surface area contributed by atoms with E-state index in [0.717, 1.165) is 6.42 Å². The second-order valence-corrected chi connectivity index (χ2v) is 3.51. The normalized spacial score (nSPS) is 9.76. The van der Waals surface area contributed by atoms with E-state index in [4.69, 9.17) is 15.9 Å². The number of hydrogen-bond donors (Lipinski definition) is 0. The number of esters is 2. The third-order valence-corrected chi connectivity index (χ3v) is 2.21. The highest BCUT2D eigenvalue weighted by Crippen LogP contribution is 2.14. The summed E-state index contributed by atoms with van der Waals surface area (Å²) in [7, 11) is 0. The fourth-order valence-electron chi connectivity index (χ4n) is 1.39. The van der Waals surface area contributed by atoms with Crippen molar-refractivity contribution >= 4 is 11.9 Å². The molecule has 4 heteroatoms. The Morgan fingerprint density at radius 2 is 1.65 bits per heavy atom. The van der Waals surface area contributed by atoms with Crippen molar-refractivity contribution < 1.29 is 19.1 Å². The standard InChI is InChI=1S/C13H20O4/c1-4-7-8-9-10-11(12(14)16-5-2)13(15)17-6-3/h1,11H,5-10H2,2-3H3. The highest BCUT2D eigenvalue weighted by molar-refractivity contribution is 5.94. The third kappa shape index (κ3) is 6.62. The summed E-state index contributed by atoms with van der Waals surface area (Å²) in [6.45, 7) is 3.94. The van der Waals surface area contributed by atoms with Gasteiger partial charge in [0.15, 0.2) is 5.92 Å². The van der Waals surface area contributed by atoms with E-state index in [1.54, 1.807) is 13.8 Å². The van der Waals surface area contributed by atoms with Gasteiger partial charge in [-0.3, -0.25) is 9.59 Å². The van der Waals surface area contributed by atoms with E-state index in [-0.39, 0.29) is 13.2 Å². The maximum absolute atomic E-state index is 11.6. The number of unbranched alkanes of at least 4 members (excludes halogenated alkanes) is 2. The summed E-state index contributed by atoms with van der Waals surface area (Å²) in [5.74, 6) is 0.690. The minimum Gasteiger partial charge on any atom is -0.465 e. The molecule has 0 atom stereocenters. The molecule has 0 radical (unpaired) electrons. The van der Waals surface area contributed by atoms with Crippen LogP contribution in [0.25, 0.3) is 0 Å². The van der Waals surface area contributed by atoms with Gasteiger partial charge in [0.25, 0.3) is 0 Å². The van der Waals surface area contributed by atoms with Gasteiger partial charge in [0.1, 0.15) is 0 Å². The molecule has 0 aromatic rings. The molecule has 4 nitrogen and oxygen atoms in total. The van der Waals surface area contributed by atoms with Crippen LogP contribution in [-0.2, 0) is 19.1 Å². The van der Waals surface area contributed by atoms with Crippen LogP contribution in [0.2, 0.25) is 0 Å². The molecular formula is C13H20O4. The van der Waals surface area contributed by atoms with E-state index < -0.39 is 17.9 Å². The van der Waals surface area contributed by atoms with Crippen LogP contribution >= 0.6 is 0 Å². The van der Waals surface area contributed by atoms with Gasteiger partial charge in [-0.25, -0.2) is 0 Å². The number of terminal acetylenes is 1. The molecule has 0 heterocycles. The van der Waals surface area contributed by atoms with E-state index in [0.29, 0.717) is 19.3 Å². The first-order valence-electron chi connectivity index (χ1n) is 5.94. The van der Waals surface area contributed by atoms with E-state index in [1.807, 2.05) is 0 Å². The van der Waals surface area contributed by atoms with Crippen LogP contribution in [0.15, 0.2) is 0 Å². The topological polar surface area (TPSA) is 52.6 Å². The van der Waals surface area contributed by atoms with Crippen molar-refractivity contribution in [1.82, 2.24) is 0 Å². The highest BCUT2D eigenvalue weighted by Gasteiger charge is 2.28. The van der Waals surface area contributed by atoms with Gasteiger partial charge >= 0.3 is 11.9 Å². The van der Waals surface area contributed by atoms with Gasteiger partial charge in [0, 0.05) is 6.42 Å². The van der Waals surface area contributed by atoms with Crippen molar-refractivity contribution in [2.75, 3.05) is 13.2 Å². The zero-order valence-corrected chi connectivity index (χ0v) is 10.5. The predicted octanol–water partition coefficient (Wildman–Crippen LogP) is 1.92. The van der Waals surface area contributed by atoms with Gasteiger partial charge in [-0.2, -0.15) is 0 Å². The number of rotatable bonds is 8. The van der Waals surface area contributed by atoms with E-state index in [2.05, 4.69) is 5.92 Å². The molecule has 0 bridgehead atoms. The van der Waals surface area contributed by atoms with E-state index >= 15 is 0 Å². The quantitative estimate of drug-likeness (QED) is 0.281. The molecule has 0 amide bonds. The smallest absolute Gasteiger partial charge is 0.320 e. The van der Waals surface area contributed by atoms with E-state index in [1.165, 1.54) is 0 Å². The number of ether oxygens (including phenoxy) is 2. The van der Waals surface area contributed by atoms with Gasteiger partial charge in [-0.05, 0) is 26.7 Å². The Kier molecular flexibility index (Phi) is 8.85. The van der Waals surface area contributed by atoms with Gasteiger partial charge in [0.2, 0.25) is 0 Å². The largest absolute Gasteiger partial charge is 0.465 e. The van der Waals surface area contributed by atoms with Crippen LogP contribution in [0.3, 0.4) is 0 Å². The van der Waals surface area contributed by atoms with E-state index in [9.17, 15) is 9.59 Å². The Morgan fingerprint density at radius 3 is 2.06 bits per heavy atom. The first-order chi connectivity index (χ1) is 8.17. The molecule has 0 rings (SSSR count). The average molecular weight is 240 g/mol. The van der Waals surface area contributed by atoms with Gasteiger partial charge in [-0.1, -0.05) is 6.42 Å². The second-order valence-electron chi connectivity index (χ2n) is 3.51. The number of hydrogen-bond acceptors (Lipinski definition) is 4. The van der Waals surface area contributed by atoms with Crippen molar-refractivity contribution in [3.63, 3.8) is 0 Å². The van der Waals surface area contributed by atoms with Crippen molar-refractivity contribution in [2.45, 2.75) is 39.5 Å². The van der Waals surface area contributed by atoms with Crippen LogP contribution < -0.4 is 0 Å². The van der Waals surface area contributed by atoms with Gasteiger partial charge in [-0.15, -0.1) is 12.3 Å². The summed E-state index contributed by atoms with van der Waals surface area (Å²) in [6, 6.07) is 0. The lowest BCUT2D eigenvalue weighted by Gasteiger charge is -2.13. The van der Waals surface area contributed by atoms with Crippen molar-refractivity contribution in [1.29, 1.82) is 0 Å². The summed E-state index contributed by atoms with van der Waals surface area (Å²) in [6.07, 6.45) is 7.72. The zero-order chi connectivity index (χ0) is 13.1. The number of carbonyl (C=O) groups is 2. The maximum atomic E-state index is 11.6. The summed E-state index contributed by atoms with van der Waals surface area (Å²) in [5, 5.41) is 0. The van der Waals surface area contributed by atoms with Crippen LogP contribution in [-0.4, -0.2) is 25.2 Å². The first-order valence-corrected chi connectivity index (χ1v) is 5.94. The van der Waals surface area contributed by atoms with Crippen molar-refractivity contribution in [3.05, 3.63) is 0 Å². The molecule has 0 saturated heterocycles. The predicted molar refractivity (Wildman–Crippen MR) is 64.1 cm³/mol. The minimum absolute atomic E-state index is 0.263. The molecule has 0 saturated carbocycles. The summed E-state index contributed by atoms with van der Waals surface area (Å²) in [5.41, 5.74) is 0. The average Bonchev–Trinajstić information content (AvgIpc) is 2.29. The Bertz CT molecular complexity index is 260. The number of carbonyl (C=O) groups excluding carboxylic acids is 2. The Hall–Kier alpha value is -1.50. The summed E-state index contributed by atoms with van der Waals surface area (Å²) in [4.78, 5) is 23.1. The fourth-order valence-corrected chi connectivity index (χ4v) is 1.39. The van der Waals surface area contributed by atoms with Crippen LogP contribution in [0.4, 0.5) is 0 Å². The van der Waals surface area contributed by atoms with Crippen molar-refractivity contribution in [3.8, 4) is 12.3 Å². The minimum atomic E-state index is -0.812. The van der Waals surface area contributed by atoms with Gasteiger partial charge < -0.3 is 9.47 Å². The second kappa shape index (κ2) is 9.71. The van der Waals surface area contributed by atoms with Crippen molar-refractivity contribution in [2.24, 2.45) is 5.92 Å². The zero-order valence-electron chi connectivity index (χ0n) is 10.5. The molecule has 0 spiro atoms. The van der Waals surface area contributed by atoms with Gasteiger partial charge in [0.05, 0.1) is 13.2 Å². The molecule has 0 fully saturated rings. The van der Waals surface area contributed by atoms with Crippen LogP contribution in [0.1, 0.15) is 39.5 Å². The maximum Gasteiger partial charge on any atom is 0.320 e. The molecule has 17 heavy (non-hydrogen) atoms. The molecule has 0 aromatic carbocycles. The molecule has 96 valence electrons. The molecule has 0 aromatic heterocycles. The Balaban J connectivity index is 4.25. The monoisotopic (exact) mass is 240 g/mol. The lowest BCUT2D eigenvalue weighted by atomic mass is 10.0. The molecule has 0 aliphatic heterocycles. The fraction of sp³-hybridized carbons (Fsp3) is 0.692. The molecule has 0 aliphatic rings. The Morgan fingerprint density at radius 1 is 1.12 bits per heavy atom. The summed E-state index contributed by atoms with van der Waals surface area (Å²) < 4.78 is 9.70. The highest BCUT2D eigenvalue weighted by atomic mass is 16.6. The lowest BCUT2D eigenvalue weighted by molar-refractivity contribution is -0.161. The molecule has 0 unspecified atom stereocenters. The SMILES string of the molecule is C#CCCCCC(C(=O)OCC)C(=O)OCC. The molecule has 0 aliphatic carbocycles. The molecule has 0 N–H and O–H groups in total. The Labute approximate surface area is 103 Å². The molecular weight excluding hydrogens is 220 g/mol. The lowest BCUT2D eigenvalue weighted by Crippen LogP contribution is -2.28. The third-order valence-electron chi connectivity index (χ3n) is 2.21. The summed E-state index contributed by atoms with van der Waals surface area (Å²) >= 11 is 0. The van der Waals surface area contributed by atoms with Crippen LogP contribution in [0.5, 0.6) is 0 Å².